The van der Waals surface area contributed by atoms with E-state index in [1.165, 1.54) is 12.1 Å². The maximum atomic E-state index is 12.6. The van der Waals surface area contributed by atoms with Crippen LogP contribution in [0.3, 0.4) is 0 Å². The highest BCUT2D eigenvalue weighted by atomic mass is 19.4. The molecule has 12 heteroatoms. The lowest BCUT2D eigenvalue weighted by atomic mass is 10.1. The van der Waals surface area contributed by atoms with E-state index in [9.17, 15) is 31.1 Å². The number of carbonyl (C=O) groups is 1. The summed E-state index contributed by atoms with van der Waals surface area (Å²) in [6, 6.07) is 7.75. The van der Waals surface area contributed by atoms with E-state index in [-0.39, 0.29) is 17.0 Å². The van der Waals surface area contributed by atoms with Gasteiger partial charge in [0, 0.05) is 11.1 Å². The van der Waals surface area contributed by atoms with Gasteiger partial charge in [0.1, 0.15) is 5.75 Å². The van der Waals surface area contributed by atoms with Crippen molar-refractivity contribution in [3.63, 3.8) is 0 Å². The van der Waals surface area contributed by atoms with Crippen LogP contribution in [0.25, 0.3) is 11.5 Å². The Hall–Kier alpha value is -3.57. The molecule has 1 heterocycles. The Balaban J connectivity index is 1.72. The van der Waals surface area contributed by atoms with E-state index in [0.29, 0.717) is 0 Å². The van der Waals surface area contributed by atoms with Gasteiger partial charge in [0.2, 0.25) is 5.89 Å². The number of hydrogen-bond acceptors (Lipinski definition) is 5. The summed E-state index contributed by atoms with van der Waals surface area (Å²) < 4.78 is 83.4. The van der Waals surface area contributed by atoms with Crippen molar-refractivity contribution in [2.24, 2.45) is 0 Å². The summed E-state index contributed by atoms with van der Waals surface area (Å²) in [5.41, 5.74) is -0.872. The van der Waals surface area contributed by atoms with Crippen molar-refractivity contribution in [2.75, 3.05) is 5.32 Å². The molecule has 0 unspecified atom stereocenters. The van der Waals surface area contributed by atoms with Gasteiger partial charge in [0.15, 0.2) is 0 Å². The number of ether oxygens (including phenoxy) is 1. The zero-order valence-corrected chi connectivity index (χ0v) is 14.0. The van der Waals surface area contributed by atoms with Gasteiger partial charge >= 0.3 is 18.6 Å². The Morgan fingerprint density at radius 3 is 2.28 bits per heavy atom. The van der Waals surface area contributed by atoms with Crippen molar-refractivity contribution in [3.8, 4) is 17.2 Å². The molecular weight excluding hydrogens is 408 g/mol. The van der Waals surface area contributed by atoms with Gasteiger partial charge in [-0.3, -0.25) is 10.1 Å². The number of benzene rings is 2. The van der Waals surface area contributed by atoms with Gasteiger partial charge in [0.25, 0.3) is 5.91 Å². The molecule has 0 saturated heterocycles. The third-order valence-corrected chi connectivity index (χ3v) is 3.43. The molecular formula is C17H9F6N3O3. The van der Waals surface area contributed by atoms with Gasteiger partial charge in [-0.2, -0.15) is 13.2 Å². The maximum Gasteiger partial charge on any atom is 0.573 e. The molecule has 1 amide bonds. The smallest absolute Gasteiger partial charge is 0.406 e. The summed E-state index contributed by atoms with van der Waals surface area (Å²) >= 11 is 0. The van der Waals surface area contributed by atoms with Crippen LogP contribution in [0.4, 0.5) is 32.4 Å². The van der Waals surface area contributed by atoms with Gasteiger partial charge in [-0.1, -0.05) is 11.2 Å². The lowest BCUT2D eigenvalue weighted by molar-refractivity contribution is -0.274. The largest absolute Gasteiger partial charge is 0.573 e. The first-order valence-electron chi connectivity index (χ1n) is 7.69. The molecule has 0 bridgehead atoms. The minimum absolute atomic E-state index is 0.164. The van der Waals surface area contributed by atoms with E-state index in [4.69, 9.17) is 4.42 Å². The Morgan fingerprint density at radius 1 is 0.966 bits per heavy atom. The van der Waals surface area contributed by atoms with Crippen LogP contribution in [0, 0.1) is 0 Å². The molecule has 29 heavy (non-hydrogen) atoms. The second kappa shape index (κ2) is 7.45. The zero-order chi connectivity index (χ0) is 21.2. The number of amides is 1. The van der Waals surface area contributed by atoms with E-state index < -0.39 is 35.8 Å². The Bertz CT molecular complexity index is 1010. The molecule has 3 aromatic rings. The number of aromatic nitrogens is 2. The molecule has 1 N–H and O–H groups in total. The fourth-order valence-corrected chi connectivity index (χ4v) is 2.20. The molecule has 0 fully saturated rings. The lowest BCUT2D eigenvalue weighted by Crippen LogP contribution is -2.18. The Labute approximate surface area is 158 Å². The van der Waals surface area contributed by atoms with Crippen molar-refractivity contribution < 1.29 is 40.3 Å². The molecule has 0 aliphatic rings. The van der Waals surface area contributed by atoms with E-state index >= 15 is 0 Å². The topological polar surface area (TPSA) is 77.3 Å². The molecule has 1 aromatic heterocycles. The molecule has 3 rings (SSSR count). The summed E-state index contributed by atoms with van der Waals surface area (Å²) in [7, 11) is 0. The van der Waals surface area contributed by atoms with Crippen LogP contribution < -0.4 is 10.1 Å². The van der Waals surface area contributed by atoms with Crippen LogP contribution in [-0.2, 0) is 6.18 Å². The fraction of sp³-hybridized carbons (Fsp3) is 0.118. The third kappa shape index (κ3) is 5.24. The summed E-state index contributed by atoms with van der Waals surface area (Å²) in [5, 5.41) is 9.31. The lowest BCUT2D eigenvalue weighted by Gasteiger charge is -2.09. The summed E-state index contributed by atoms with van der Waals surface area (Å²) in [6.07, 6.45) is -9.42. The molecule has 6 nitrogen and oxygen atoms in total. The number of carbonyl (C=O) groups excluding carboxylic acids is 1. The molecule has 0 atom stereocenters. The molecule has 0 aliphatic heterocycles. The highest BCUT2D eigenvalue weighted by Crippen LogP contribution is 2.31. The van der Waals surface area contributed by atoms with Gasteiger partial charge in [-0.25, -0.2) is 0 Å². The van der Waals surface area contributed by atoms with E-state index in [1.54, 1.807) is 0 Å². The fourth-order valence-electron chi connectivity index (χ4n) is 2.20. The average molecular weight is 417 g/mol. The molecule has 0 saturated carbocycles. The number of alkyl halides is 6. The minimum atomic E-state index is -4.92. The number of nitrogens with one attached hydrogen (secondary N) is 1. The van der Waals surface area contributed by atoms with Crippen molar-refractivity contribution in [1.29, 1.82) is 0 Å². The first kappa shape index (κ1) is 20.2. The molecule has 2 aromatic carbocycles. The predicted octanol–water partition coefficient (Wildman–Crippen LogP) is 4.91. The van der Waals surface area contributed by atoms with Crippen LogP contribution in [0.1, 0.15) is 15.9 Å². The summed E-state index contributed by atoms with van der Waals surface area (Å²) in [6.45, 7) is 0. The first-order valence-corrected chi connectivity index (χ1v) is 7.69. The number of halogens is 6. The van der Waals surface area contributed by atoms with Crippen LogP contribution in [0.5, 0.6) is 5.75 Å². The van der Waals surface area contributed by atoms with Crippen molar-refractivity contribution in [1.82, 2.24) is 10.2 Å². The van der Waals surface area contributed by atoms with E-state index in [2.05, 4.69) is 20.3 Å². The Morgan fingerprint density at radius 2 is 1.66 bits per heavy atom. The summed E-state index contributed by atoms with van der Waals surface area (Å²) in [4.78, 5) is 12.1. The van der Waals surface area contributed by atoms with Crippen molar-refractivity contribution >= 4 is 11.9 Å². The molecule has 152 valence electrons. The monoisotopic (exact) mass is 417 g/mol. The highest BCUT2D eigenvalue weighted by molar-refractivity contribution is 6.03. The van der Waals surface area contributed by atoms with Crippen LogP contribution in [0.2, 0.25) is 0 Å². The van der Waals surface area contributed by atoms with Crippen LogP contribution in [-0.4, -0.2) is 22.5 Å². The van der Waals surface area contributed by atoms with Gasteiger partial charge in [-0.05, 0) is 42.5 Å². The van der Waals surface area contributed by atoms with E-state index in [0.717, 1.165) is 36.4 Å². The van der Waals surface area contributed by atoms with E-state index in [1.807, 2.05) is 0 Å². The number of rotatable bonds is 4. The first-order chi connectivity index (χ1) is 13.5. The number of nitrogens with zero attached hydrogens (tertiary/aromatic N) is 2. The highest BCUT2D eigenvalue weighted by Gasteiger charge is 2.31. The minimum Gasteiger partial charge on any atom is -0.406 e. The third-order valence-electron chi connectivity index (χ3n) is 3.43. The molecule has 0 spiro atoms. The normalized spacial score (nSPS) is 11.9. The molecule has 0 aliphatic carbocycles. The standard InChI is InChI=1S/C17H9F6N3O3/c18-16(19,20)11-6-4-9(5-7-11)14-25-26-15(28-14)24-13(27)10-2-1-3-12(8-10)29-17(21,22)23/h1-8H,(H,24,26,27). The summed E-state index contributed by atoms with van der Waals surface area (Å²) in [5.74, 6) is -1.62. The van der Waals surface area contributed by atoms with Gasteiger partial charge in [-0.15, -0.1) is 18.3 Å². The number of anilines is 1. The Kier molecular flexibility index (Phi) is 5.18. The quantitative estimate of drug-likeness (QED) is 0.611. The zero-order valence-electron chi connectivity index (χ0n) is 14.0. The molecule has 0 radical (unpaired) electrons. The van der Waals surface area contributed by atoms with Gasteiger partial charge < -0.3 is 9.15 Å². The van der Waals surface area contributed by atoms with Crippen molar-refractivity contribution in [2.45, 2.75) is 12.5 Å². The van der Waals surface area contributed by atoms with Crippen LogP contribution >= 0.6 is 0 Å². The predicted molar refractivity (Wildman–Crippen MR) is 85.8 cm³/mol. The number of hydrogen-bond donors (Lipinski definition) is 1. The van der Waals surface area contributed by atoms with Gasteiger partial charge in [0.05, 0.1) is 5.56 Å². The maximum absolute atomic E-state index is 12.6. The second-order valence-electron chi connectivity index (χ2n) is 5.52. The SMILES string of the molecule is O=C(Nc1nnc(-c2ccc(C(F)(F)F)cc2)o1)c1cccc(OC(F)(F)F)c1. The average Bonchev–Trinajstić information content (AvgIpc) is 3.08. The van der Waals surface area contributed by atoms with Crippen LogP contribution in [0.15, 0.2) is 52.9 Å². The van der Waals surface area contributed by atoms with Crippen molar-refractivity contribution in [3.05, 3.63) is 59.7 Å². The second-order valence-corrected chi connectivity index (χ2v) is 5.52.